The van der Waals surface area contributed by atoms with Gasteiger partial charge in [-0.2, -0.15) is 0 Å². The molecule has 0 saturated carbocycles. The van der Waals surface area contributed by atoms with Crippen molar-refractivity contribution in [3.63, 3.8) is 0 Å². The van der Waals surface area contributed by atoms with Crippen molar-refractivity contribution < 1.29 is 0 Å². The molecule has 0 heterocycles. The molecule has 0 amide bonds. The van der Waals surface area contributed by atoms with Crippen molar-refractivity contribution >= 4 is 68.1 Å². The zero-order chi connectivity index (χ0) is 18.8. The number of hydrogen-bond acceptors (Lipinski definition) is 2. The summed E-state index contributed by atoms with van der Waals surface area (Å²) in [5, 5.41) is -0.104. The lowest BCUT2D eigenvalue weighted by Crippen LogP contribution is -2.29. The first-order valence-corrected chi connectivity index (χ1v) is 9.14. The van der Waals surface area contributed by atoms with Gasteiger partial charge in [-0.3, -0.25) is 0 Å². The number of halogens is 4. The van der Waals surface area contributed by atoms with Crippen LogP contribution in [-0.4, -0.2) is 14.7 Å². The lowest BCUT2D eigenvalue weighted by Gasteiger charge is -2.17. The molecule has 2 nitrogen and oxygen atoms in total. The predicted octanol–water partition coefficient (Wildman–Crippen LogP) is 7.33. The van der Waals surface area contributed by atoms with Gasteiger partial charge < -0.3 is 0 Å². The highest BCUT2D eigenvalue weighted by Crippen LogP contribution is 2.34. The van der Waals surface area contributed by atoms with E-state index in [9.17, 15) is 0 Å². The quantitative estimate of drug-likeness (QED) is 0.368. The fourth-order valence-corrected chi connectivity index (χ4v) is 2.70. The second kappa shape index (κ2) is 8.09. The second-order valence-corrected chi connectivity index (χ2v) is 8.00. The molecule has 0 unspecified atom stereocenters. The minimum atomic E-state index is -1.73. The fourth-order valence-electron chi connectivity index (χ4n) is 2.12. The molecule has 0 atom stereocenters. The monoisotopic (exact) mass is 414 g/mol. The number of aryl methyl sites for hydroxylation is 4. The van der Waals surface area contributed by atoms with Crippen LogP contribution in [0.3, 0.4) is 0 Å². The summed E-state index contributed by atoms with van der Waals surface area (Å²) in [5.41, 5.74) is 5.39. The maximum absolute atomic E-state index is 6.36. The average molecular weight is 416 g/mol. The first-order chi connectivity index (χ1) is 11.6. The van der Waals surface area contributed by atoms with Crippen LogP contribution >= 0.6 is 46.4 Å². The van der Waals surface area contributed by atoms with Crippen molar-refractivity contribution in [3.05, 3.63) is 58.7 Å². The van der Waals surface area contributed by atoms with E-state index in [4.69, 9.17) is 46.4 Å². The largest absolute Gasteiger partial charge is 0.237 e. The molecule has 0 aromatic heterocycles. The number of alkyl halides is 2. The molecular weight excluding hydrogens is 398 g/mol. The van der Waals surface area contributed by atoms with Gasteiger partial charge in [0.1, 0.15) is 10.3 Å². The van der Waals surface area contributed by atoms with E-state index in [0.29, 0.717) is 11.4 Å². The minimum absolute atomic E-state index is 0.0522. The summed E-state index contributed by atoms with van der Waals surface area (Å²) in [7, 11) is 0. The highest BCUT2D eigenvalue weighted by atomic mass is 35.5. The van der Waals surface area contributed by atoms with Crippen LogP contribution < -0.4 is 0 Å². The molecule has 2 aromatic rings. The zero-order valence-corrected chi connectivity index (χ0v) is 17.4. The standard InChI is InChI=1S/C19H18Cl4N2/c1-11-5-7-13(3)15(9-11)24-17(20)19(22,23)18(21)25-16-10-12(2)6-8-14(16)4/h5-10H,1-4H3. The van der Waals surface area contributed by atoms with Crippen molar-refractivity contribution in [2.75, 3.05) is 0 Å². The number of rotatable bonds is 4. The summed E-state index contributed by atoms with van der Waals surface area (Å²) in [6, 6.07) is 11.7. The van der Waals surface area contributed by atoms with Gasteiger partial charge in [-0.15, -0.1) is 0 Å². The number of benzene rings is 2. The molecule has 2 aromatic carbocycles. The van der Waals surface area contributed by atoms with Crippen molar-refractivity contribution in [2.24, 2.45) is 9.98 Å². The molecule has 0 aliphatic heterocycles. The molecule has 0 aliphatic rings. The zero-order valence-electron chi connectivity index (χ0n) is 14.4. The second-order valence-electron chi connectivity index (χ2n) is 5.96. The van der Waals surface area contributed by atoms with E-state index in [1.165, 1.54) is 0 Å². The van der Waals surface area contributed by atoms with E-state index in [0.717, 1.165) is 22.3 Å². The molecule has 0 aliphatic carbocycles. The Morgan fingerprint density at radius 3 is 1.44 bits per heavy atom. The Hall–Kier alpha value is -1.06. The van der Waals surface area contributed by atoms with Crippen LogP contribution in [0.4, 0.5) is 11.4 Å². The summed E-state index contributed by atoms with van der Waals surface area (Å²) >= 11 is 25.3. The van der Waals surface area contributed by atoms with E-state index in [1.54, 1.807) is 0 Å². The molecular formula is C19H18Cl4N2. The van der Waals surface area contributed by atoms with Gasteiger partial charge >= 0.3 is 0 Å². The van der Waals surface area contributed by atoms with Crippen molar-refractivity contribution in [1.29, 1.82) is 0 Å². The van der Waals surface area contributed by atoms with Crippen LogP contribution in [0.25, 0.3) is 0 Å². The van der Waals surface area contributed by atoms with E-state index in [2.05, 4.69) is 9.98 Å². The number of nitrogens with zero attached hydrogens (tertiary/aromatic N) is 2. The summed E-state index contributed by atoms with van der Waals surface area (Å²) < 4.78 is -1.73. The van der Waals surface area contributed by atoms with E-state index < -0.39 is 4.33 Å². The Kier molecular flexibility index (Phi) is 6.56. The van der Waals surface area contributed by atoms with Crippen LogP contribution in [0.2, 0.25) is 0 Å². The third-order valence-corrected chi connectivity index (χ3v) is 5.52. The maximum Gasteiger partial charge on any atom is 0.222 e. The Morgan fingerprint density at radius 1 is 0.720 bits per heavy atom. The molecule has 0 bridgehead atoms. The van der Waals surface area contributed by atoms with Crippen LogP contribution in [0, 0.1) is 27.7 Å². The lowest BCUT2D eigenvalue weighted by molar-refractivity contribution is 1.32. The SMILES string of the molecule is Cc1ccc(C)c(N=C(Cl)C(Cl)(Cl)C(Cl)=Nc2cc(C)ccc2C)c1. The van der Waals surface area contributed by atoms with Crippen LogP contribution in [-0.2, 0) is 0 Å². The summed E-state index contributed by atoms with van der Waals surface area (Å²) in [6.07, 6.45) is 0. The Bertz CT molecular complexity index is 785. The summed E-state index contributed by atoms with van der Waals surface area (Å²) in [6.45, 7) is 7.79. The molecule has 25 heavy (non-hydrogen) atoms. The Morgan fingerprint density at radius 2 is 1.08 bits per heavy atom. The summed E-state index contributed by atoms with van der Waals surface area (Å²) in [5.74, 6) is 0. The molecule has 6 heteroatoms. The fraction of sp³-hybridized carbons (Fsp3) is 0.263. The van der Waals surface area contributed by atoms with Crippen molar-refractivity contribution in [1.82, 2.24) is 0 Å². The number of aliphatic imine (C=N–C) groups is 2. The molecule has 0 saturated heterocycles. The van der Waals surface area contributed by atoms with E-state index in [1.807, 2.05) is 64.1 Å². The highest BCUT2D eigenvalue weighted by molar-refractivity contribution is 6.93. The van der Waals surface area contributed by atoms with Crippen molar-refractivity contribution in [3.8, 4) is 0 Å². The number of hydrogen-bond donors (Lipinski definition) is 0. The van der Waals surface area contributed by atoms with Crippen LogP contribution in [0.1, 0.15) is 22.3 Å². The van der Waals surface area contributed by atoms with Gasteiger partial charge in [0.15, 0.2) is 0 Å². The molecule has 0 spiro atoms. The molecule has 0 fully saturated rings. The molecule has 132 valence electrons. The van der Waals surface area contributed by atoms with E-state index in [-0.39, 0.29) is 10.3 Å². The van der Waals surface area contributed by atoms with Gasteiger partial charge in [-0.05, 0) is 62.1 Å². The van der Waals surface area contributed by atoms with Gasteiger partial charge in [0.25, 0.3) is 0 Å². The first kappa shape index (κ1) is 20.3. The predicted molar refractivity (Wildman–Crippen MR) is 112 cm³/mol. The normalized spacial score (nSPS) is 13.3. The Balaban J connectivity index is 2.41. The third-order valence-electron chi connectivity index (χ3n) is 3.68. The molecule has 2 rings (SSSR count). The third kappa shape index (κ3) is 4.98. The smallest absolute Gasteiger partial charge is 0.222 e. The van der Waals surface area contributed by atoms with E-state index >= 15 is 0 Å². The molecule has 0 radical (unpaired) electrons. The molecule has 0 N–H and O–H groups in total. The van der Waals surface area contributed by atoms with Gasteiger partial charge in [0.2, 0.25) is 4.33 Å². The van der Waals surface area contributed by atoms with Gasteiger partial charge in [0.05, 0.1) is 11.4 Å². The minimum Gasteiger partial charge on any atom is -0.237 e. The summed E-state index contributed by atoms with van der Waals surface area (Å²) in [4.78, 5) is 8.69. The van der Waals surface area contributed by atoms with Gasteiger partial charge in [-0.1, -0.05) is 70.7 Å². The van der Waals surface area contributed by atoms with Crippen LogP contribution in [0.5, 0.6) is 0 Å². The lowest BCUT2D eigenvalue weighted by atomic mass is 10.1. The van der Waals surface area contributed by atoms with Gasteiger partial charge in [-0.25, -0.2) is 9.98 Å². The topological polar surface area (TPSA) is 24.7 Å². The first-order valence-electron chi connectivity index (χ1n) is 7.63. The van der Waals surface area contributed by atoms with Crippen LogP contribution in [0.15, 0.2) is 46.4 Å². The Labute approximate surface area is 168 Å². The average Bonchev–Trinajstić information content (AvgIpc) is 2.54. The highest BCUT2D eigenvalue weighted by Gasteiger charge is 2.36. The van der Waals surface area contributed by atoms with Crippen molar-refractivity contribution in [2.45, 2.75) is 32.0 Å². The van der Waals surface area contributed by atoms with Gasteiger partial charge in [0, 0.05) is 0 Å². The maximum atomic E-state index is 6.36.